The van der Waals surface area contributed by atoms with Gasteiger partial charge in [0.15, 0.2) is 5.76 Å². The SMILES string of the molecule is C=C/C(CC)=C(\C(OC)=C(/C)OC1OCC(O)CC1O)C12CCNC(C)C1CCC(O)C2C.CC(=O)O.CO. The average Bonchev–Trinajstić information content (AvgIpc) is 2.89. The van der Waals surface area contributed by atoms with Crippen LogP contribution in [0.2, 0.25) is 0 Å². The third kappa shape index (κ3) is 8.28. The summed E-state index contributed by atoms with van der Waals surface area (Å²) >= 11 is 0. The van der Waals surface area contributed by atoms with Crippen LogP contribution in [0.1, 0.15) is 66.7 Å². The standard InChI is InChI=1S/C26H43NO6.C2H4O2.CH4O/c1-7-18(8-2)23(24(31-6)17(5)33-25-22(30)13-19(28)14-32-25)26-11-12-27-16(4)20(26)9-10-21(29)15(26)3;1-2(3)4;1-2/h7,15-16,19-22,25,27-30H,1,8-14H2,2-6H3;1H3,(H,3,4);2H,1H3/b23-18-,24-17-;;. The highest BCUT2D eigenvalue weighted by Crippen LogP contribution is 2.58. The van der Waals surface area contributed by atoms with Gasteiger partial charge in [-0.2, -0.15) is 0 Å². The molecule has 6 N–H and O–H groups in total. The van der Waals surface area contributed by atoms with Crippen LogP contribution in [0, 0.1) is 17.3 Å². The van der Waals surface area contributed by atoms with Crippen LogP contribution in [-0.4, -0.2) is 89.5 Å². The molecule has 0 bridgehead atoms. The summed E-state index contributed by atoms with van der Waals surface area (Å²) < 4.78 is 17.7. The number of aliphatic hydroxyl groups excluding tert-OH is 4. The monoisotopic (exact) mass is 557 g/mol. The van der Waals surface area contributed by atoms with Crippen LogP contribution in [-0.2, 0) is 19.0 Å². The van der Waals surface area contributed by atoms with E-state index in [1.54, 1.807) is 7.11 Å². The van der Waals surface area contributed by atoms with Gasteiger partial charge in [0.05, 0.1) is 25.9 Å². The third-order valence-corrected chi connectivity index (χ3v) is 8.17. The van der Waals surface area contributed by atoms with Gasteiger partial charge >= 0.3 is 0 Å². The van der Waals surface area contributed by atoms with Crippen molar-refractivity contribution in [2.45, 2.75) is 97.4 Å². The van der Waals surface area contributed by atoms with Crippen LogP contribution in [0.3, 0.4) is 0 Å². The normalized spacial score (nSPS) is 35.3. The van der Waals surface area contributed by atoms with Crippen molar-refractivity contribution in [2.24, 2.45) is 17.3 Å². The Kier molecular flexibility index (Phi) is 14.7. The van der Waals surface area contributed by atoms with Crippen LogP contribution < -0.4 is 5.32 Å². The molecule has 8 atom stereocenters. The summed E-state index contributed by atoms with van der Waals surface area (Å²) in [7, 11) is 2.64. The Morgan fingerprint density at radius 3 is 2.28 bits per heavy atom. The van der Waals surface area contributed by atoms with Crippen molar-refractivity contribution >= 4 is 5.97 Å². The van der Waals surface area contributed by atoms with Crippen molar-refractivity contribution in [2.75, 3.05) is 27.4 Å². The minimum absolute atomic E-state index is 0.0296. The minimum Gasteiger partial charge on any atom is -0.493 e. The van der Waals surface area contributed by atoms with Gasteiger partial charge in [-0.1, -0.05) is 26.5 Å². The molecule has 10 heteroatoms. The molecule has 3 rings (SSSR count). The number of ether oxygens (including phenoxy) is 3. The molecule has 0 aromatic rings. The molecule has 3 fully saturated rings. The van der Waals surface area contributed by atoms with E-state index in [2.05, 4.69) is 32.7 Å². The molecule has 10 nitrogen and oxygen atoms in total. The van der Waals surface area contributed by atoms with E-state index in [0.29, 0.717) is 23.5 Å². The Labute approximate surface area is 233 Å². The topological polar surface area (TPSA) is 158 Å². The van der Waals surface area contributed by atoms with Crippen molar-refractivity contribution in [3.05, 3.63) is 35.3 Å². The fraction of sp³-hybridized carbons (Fsp3) is 0.759. The van der Waals surface area contributed by atoms with Gasteiger partial charge in [0.1, 0.15) is 11.9 Å². The van der Waals surface area contributed by atoms with E-state index in [4.69, 9.17) is 29.2 Å². The third-order valence-electron chi connectivity index (χ3n) is 8.17. The first kappa shape index (κ1) is 35.1. The molecule has 8 unspecified atom stereocenters. The number of rotatable bonds is 7. The lowest BCUT2D eigenvalue weighted by atomic mass is 9.50. The van der Waals surface area contributed by atoms with Gasteiger partial charge in [0.2, 0.25) is 6.29 Å². The first-order valence-electron chi connectivity index (χ1n) is 13.8. The van der Waals surface area contributed by atoms with Crippen LogP contribution in [0.15, 0.2) is 35.3 Å². The number of methoxy groups -OCH3 is 1. The number of piperidine rings is 1. The van der Waals surface area contributed by atoms with Gasteiger partial charge in [-0.25, -0.2) is 0 Å². The lowest BCUT2D eigenvalue weighted by molar-refractivity contribution is -0.221. The molecule has 0 aromatic heterocycles. The quantitative estimate of drug-likeness (QED) is 0.203. The summed E-state index contributed by atoms with van der Waals surface area (Å²) in [5, 5.41) is 49.2. The molecule has 39 heavy (non-hydrogen) atoms. The molecule has 0 radical (unpaired) electrons. The Morgan fingerprint density at radius 1 is 1.15 bits per heavy atom. The predicted molar refractivity (Wildman–Crippen MR) is 149 cm³/mol. The minimum atomic E-state index is -0.931. The summed E-state index contributed by atoms with van der Waals surface area (Å²) in [5.74, 6) is 0.661. The fourth-order valence-corrected chi connectivity index (χ4v) is 6.45. The number of aliphatic carboxylic acids is 1. The van der Waals surface area contributed by atoms with Crippen LogP contribution in [0.4, 0.5) is 0 Å². The van der Waals surface area contributed by atoms with Gasteiger partial charge in [-0.3, -0.25) is 4.79 Å². The number of carbonyl (C=O) groups is 1. The molecular weight excluding hydrogens is 506 g/mol. The second kappa shape index (κ2) is 16.3. The number of aliphatic hydroxyl groups is 4. The van der Waals surface area contributed by atoms with E-state index in [0.717, 1.165) is 57.4 Å². The lowest BCUT2D eigenvalue weighted by Gasteiger charge is -2.57. The van der Waals surface area contributed by atoms with E-state index >= 15 is 0 Å². The predicted octanol–water partition coefficient (Wildman–Crippen LogP) is 2.72. The molecule has 2 heterocycles. The number of hydrogen-bond acceptors (Lipinski definition) is 9. The molecule has 2 saturated heterocycles. The summed E-state index contributed by atoms with van der Waals surface area (Å²) in [4.78, 5) is 9.00. The van der Waals surface area contributed by atoms with Crippen LogP contribution >= 0.6 is 0 Å². The number of carboxylic acid groups (broad SMARTS) is 1. The highest BCUT2D eigenvalue weighted by molar-refractivity contribution is 5.63. The maximum atomic E-state index is 11.0. The number of nitrogens with one attached hydrogen (secondary N) is 1. The molecule has 0 spiro atoms. The van der Waals surface area contributed by atoms with Gasteiger partial charge in [-0.15, -0.1) is 0 Å². The Bertz CT molecular complexity index is 854. The highest BCUT2D eigenvalue weighted by Gasteiger charge is 2.56. The summed E-state index contributed by atoms with van der Waals surface area (Å²) in [6, 6.07) is 0.302. The maximum absolute atomic E-state index is 11.0. The Morgan fingerprint density at radius 2 is 1.77 bits per heavy atom. The van der Waals surface area contributed by atoms with Crippen molar-refractivity contribution in [1.82, 2.24) is 5.32 Å². The second-order valence-electron chi connectivity index (χ2n) is 10.4. The fourth-order valence-electron chi connectivity index (χ4n) is 6.45. The number of fused-ring (bicyclic) bond motifs is 1. The van der Waals surface area contributed by atoms with E-state index in [1.165, 1.54) is 0 Å². The smallest absolute Gasteiger partial charge is 0.300 e. The molecule has 1 aliphatic carbocycles. The van der Waals surface area contributed by atoms with E-state index < -0.39 is 30.6 Å². The van der Waals surface area contributed by atoms with Gasteiger partial charge in [-0.05, 0) is 63.5 Å². The molecule has 1 saturated carbocycles. The summed E-state index contributed by atoms with van der Waals surface area (Å²) in [5.41, 5.74) is 1.82. The zero-order valence-corrected chi connectivity index (χ0v) is 24.6. The Hall–Kier alpha value is -1.95. The zero-order valence-electron chi connectivity index (χ0n) is 24.6. The van der Waals surface area contributed by atoms with Crippen molar-refractivity contribution in [3.8, 4) is 0 Å². The number of carboxylic acids is 1. The molecular formula is C29H51NO9. The molecule has 3 aliphatic rings. The van der Waals surface area contributed by atoms with E-state index in [9.17, 15) is 15.3 Å². The van der Waals surface area contributed by atoms with Crippen molar-refractivity contribution in [1.29, 1.82) is 0 Å². The van der Waals surface area contributed by atoms with Crippen molar-refractivity contribution < 1.29 is 44.5 Å². The van der Waals surface area contributed by atoms with E-state index in [-0.39, 0.29) is 24.4 Å². The maximum Gasteiger partial charge on any atom is 0.300 e. The van der Waals surface area contributed by atoms with E-state index in [1.807, 2.05) is 13.0 Å². The molecule has 0 amide bonds. The summed E-state index contributed by atoms with van der Waals surface area (Å²) in [6.07, 6.45) is 2.56. The number of hydrogen-bond donors (Lipinski definition) is 6. The highest BCUT2D eigenvalue weighted by atomic mass is 16.7. The molecule has 2 aliphatic heterocycles. The molecule has 0 aromatic carbocycles. The largest absolute Gasteiger partial charge is 0.493 e. The van der Waals surface area contributed by atoms with Crippen molar-refractivity contribution in [3.63, 3.8) is 0 Å². The van der Waals surface area contributed by atoms with Gasteiger partial charge in [0.25, 0.3) is 5.97 Å². The Balaban J connectivity index is 0.00000116. The summed E-state index contributed by atoms with van der Waals surface area (Å²) in [6.45, 7) is 14.5. The van der Waals surface area contributed by atoms with Crippen LogP contribution in [0.25, 0.3) is 0 Å². The van der Waals surface area contributed by atoms with Gasteiger partial charge in [0, 0.05) is 37.5 Å². The zero-order chi connectivity index (χ0) is 29.9. The second-order valence-corrected chi connectivity index (χ2v) is 10.4. The number of allylic oxidation sites excluding steroid dienone is 4. The average molecular weight is 558 g/mol. The molecule has 226 valence electrons. The first-order chi connectivity index (χ1) is 18.4. The lowest BCUT2D eigenvalue weighted by Crippen LogP contribution is -2.59. The van der Waals surface area contributed by atoms with Crippen LogP contribution in [0.5, 0.6) is 0 Å². The van der Waals surface area contributed by atoms with Gasteiger partial charge < -0.3 is 45.1 Å². The first-order valence-corrected chi connectivity index (χ1v) is 13.8.